The largest absolute Gasteiger partial charge is 0.375 e. The highest BCUT2D eigenvalue weighted by atomic mass is 16.5. The van der Waals surface area contributed by atoms with Crippen LogP contribution in [0.2, 0.25) is 0 Å². The maximum absolute atomic E-state index is 6.34. The fourth-order valence-corrected chi connectivity index (χ4v) is 6.09. The standard InChI is InChI=1S/C26H50O/c1-4-7-9-10-11-13-23-14-16-24(17-15-23)25-18-21-26(22-19-25,27-6-3)20-12-8-5-2/h23-25H,4-22H2,1-3H3. The van der Waals surface area contributed by atoms with E-state index in [0.29, 0.717) is 0 Å². The third-order valence-electron chi connectivity index (χ3n) is 7.90. The number of ether oxygens (including phenoxy) is 1. The Kier molecular flexibility index (Phi) is 11.4. The fourth-order valence-electron chi connectivity index (χ4n) is 6.09. The van der Waals surface area contributed by atoms with Crippen molar-refractivity contribution in [1.29, 1.82) is 0 Å². The quantitative estimate of drug-likeness (QED) is 0.291. The van der Waals surface area contributed by atoms with Crippen molar-refractivity contribution in [1.82, 2.24) is 0 Å². The van der Waals surface area contributed by atoms with Crippen LogP contribution in [0.1, 0.15) is 136 Å². The van der Waals surface area contributed by atoms with Gasteiger partial charge in [0.1, 0.15) is 0 Å². The Hall–Kier alpha value is -0.0400. The van der Waals surface area contributed by atoms with Crippen molar-refractivity contribution in [2.75, 3.05) is 6.61 Å². The summed E-state index contributed by atoms with van der Waals surface area (Å²) in [4.78, 5) is 0. The maximum Gasteiger partial charge on any atom is 0.0682 e. The molecule has 1 heteroatoms. The molecule has 0 amide bonds. The molecule has 0 bridgehead atoms. The van der Waals surface area contributed by atoms with Crippen molar-refractivity contribution in [3.8, 4) is 0 Å². The van der Waals surface area contributed by atoms with Gasteiger partial charge in [0.15, 0.2) is 0 Å². The summed E-state index contributed by atoms with van der Waals surface area (Å²) in [5.74, 6) is 3.11. The molecule has 0 aromatic rings. The summed E-state index contributed by atoms with van der Waals surface area (Å²) in [6, 6.07) is 0. The van der Waals surface area contributed by atoms with E-state index in [2.05, 4.69) is 20.8 Å². The second-order valence-corrected chi connectivity index (χ2v) is 9.89. The zero-order valence-electron chi connectivity index (χ0n) is 19.1. The second-order valence-electron chi connectivity index (χ2n) is 9.89. The smallest absolute Gasteiger partial charge is 0.0682 e. The molecular weight excluding hydrogens is 328 g/mol. The van der Waals surface area contributed by atoms with Gasteiger partial charge in [-0.15, -0.1) is 0 Å². The summed E-state index contributed by atoms with van der Waals surface area (Å²) in [6.45, 7) is 7.72. The summed E-state index contributed by atoms with van der Waals surface area (Å²) in [7, 11) is 0. The van der Waals surface area contributed by atoms with Gasteiger partial charge in [-0.05, 0) is 69.6 Å². The summed E-state index contributed by atoms with van der Waals surface area (Å²) >= 11 is 0. The van der Waals surface area contributed by atoms with Crippen LogP contribution in [0.15, 0.2) is 0 Å². The molecule has 2 fully saturated rings. The molecule has 2 aliphatic carbocycles. The van der Waals surface area contributed by atoms with Crippen molar-refractivity contribution in [2.45, 2.75) is 142 Å². The highest BCUT2D eigenvalue weighted by Crippen LogP contribution is 2.45. The zero-order valence-corrected chi connectivity index (χ0v) is 19.1. The van der Waals surface area contributed by atoms with Crippen molar-refractivity contribution >= 4 is 0 Å². The summed E-state index contributed by atoms with van der Waals surface area (Å²) in [5.41, 5.74) is 0.246. The van der Waals surface area contributed by atoms with Gasteiger partial charge in [0, 0.05) is 6.61 Å². The first-order chi connectivity index (χ1) is 13.2. The van der Waals surface area contributed by atoms with Crippen LogP contribution < -0.4 is 0 Å². The number of unbranched alkanes of at least 4 members (excludes halogenated alkanes) is 6. The lowest BCUT2D eigenvalue weighted by Crippen LogP contribution is -2.39. The molecule has 0 aromatic heterocycles. The maximum atomic E-state index is 6.34. The Morgan fingerprint density at radius 2 is 1.26 bits per heavy atom. The summed E-state index contributed by atoms with van der Waals surface area (Å²) in [5, 5.41) is 0. The van der Waals surface area contributed by atoms with Crippen LogP contribution in [-0.4, -0.2) is 12.2 Å². The van der Waals surface area contributed by atoms with Crippen molar-refractivity contribution in [2.24, 2.45) is 17.8 Å². The summed E-state index contributed by atoms with van der Waals surface area (Å²) < 4.78 is 6.34. The highest BCUT2D eigenvalue weighted by Gasteiger charge is 2.38. The third-order valence-corrected chi connectivity index (χ3v) is 7.90. The number of rotatable bonds is 13. The highest BCUT2D eigenvalue weighted by molar-refractivity contribution is 4.90. The molecule has 0 saturated heterocycles. The third kappa shape index (κ3) is 8.08. The van der Waals surface area contributed by atoms with Crippen molar-refractivity contribution < 1.29 is 4.74 Å². The zero-order chi connectivity index (χ0) is 19.4. The fraction of sp³-hybridized carbons (Fsp3) is 1.00. The molecule has 160 valence electrons. The van der Waals surface area contributed by atoms with E-state index in [1.807, 2.05) is 0 Å². The van der Waals surface area contributed by atoms with Crippen LogP contribution in [0.25, 0.3) is 0 Å². The molecule has 1 nitrogen and oxygen atoms in total. The van der Waals surface area contributed by atoms with Gasteiger partial charge in [0.05, 0.1) is 5.60 Å². The molecule has 0 N–H and O–H groups in total. The van der Waals surface area contributed by atoms with Crippen LogP contribution in [0, 0.1) is 17.8 Å². The lowest BCUT2D eigenvalue weighted by atomic mass is 9.67. The molecule has 0 aliphatic heterocycles. The Labute approximate surface area is 171 Å². The monoisotopic (exact) mass is 378 g/mol. The molecular formula is C26H50O. The molecule has 0 spiro atoms. The van der Waals surface area contributed by atoms with E-state index in [1.54, 1.807) is 0 Å². The van der Waals surface area contributed by atoms with Crippen LogP contribution in [0.5, 0.6) is 0 Å². The molecule has 2 aliphatic rings. The molecule has 0 atom stereocenters. The Bertz CT molecular complexity index is 347. The Balaban J connectivity index is 1.66. The lowest BCUT2D eigenvalue weighted by molar-refractivity contribution is -0.0855. The van der Waals surface area contributed by atoms with Crippen LogP contribution in [-0.2, 0) is 4.74 Å². The van der Waals surface area contributed by atoms with Gasteiger partial charge >= 0.3 is 0 Å². The van der Waals surface area contributed by atoms with Gasteiger partial charge in [0.25, 0.3) is 0 Å². The van der Waals surface area contributed by atoms with Gasteiger partial charge in [-0.2, -0.15) is 0 Å². The molecule has 27 heavy (non-hydrogen) atoms. The van der Waals surface area contributed by atoms with Gasteiger partial charge < -0.3 is 4.74 Å². The topological polar surface area (TPSA) is 9.23 Å². The molecule has 0 aromatic carbocycles. The minimum atomic E-state index is 0.246. The van der Waals surface area contributed by atoms with E-state index in [1.165, 1.54) is 116 Å². The van der Waals surface area contributed by atoms with E-state index in [9.17, 15) is 0 Å². The van der Waals surface area contributed by atoms with Gasteiger partial charge in [-0.3, -0.25) is 0 Å². The Morgan fingerprint density at radius 1 is 0.667 bits per heavy atom. The minimum Gasteiger partial charge on any atom is -0.375 e. The normalized spacial score (nSPS) is 31.9. The predicted octanol–water partition coefficient (Wildman–Crippen LogP) is 8.70. The molecule has 2 saturated carbocycles. The van der Waals surface area contributed by atoms with E-state index >= 15 is 0 Å². The lowest BCUT2D eigenvalue weighted by Gasteiger charge is -2.44. The van der Waals surface area contributed by atoms with Crippen LogP contribution in [0.4, 0.5) is 0 Å². The average Bonchev–Trinajstić information content (AvgIpc) is 2.70. The first-order valence-corrected chi connectivity index (χ1v) is 12.9. The molecule has 0 radical (unpaired) electrons. The van der Waals surface area contributed by atoms with E-state index in [0.717, 1.165) is 24.4 Å². The van der Waals surface area contributed by atoms with Gasteiger partial charge in [-0.1, -0.05) is 84.5 Å². The van der Waals surface area contributed by atoms with E-state index in [4.69, 9.17) is 4.74 Å². The first-order valence-electron chi connectivity index (χ1n) is 12.9. The molecule has 2 rings (SSSR count). The number of hydrogen-bond acceptors (Lipinski definition) is 1. The van der Waals surface area contributed by atoms with E-state index < -0.39 is 0 Å². The minimum absolute atomic E-state index is 0.246. The Morgan fingerprint density at radius 3 is 1.89 bits per heavy atom. The van der Waals surface area contributed by atoms with Gasteiger partial charge in [-0.25, -0.2) is 0 Å². The molecule has 0 unspecified atom stereocenters. The van der Waals surface area contributed by atoms with Crippen LogP contribution >= 0.6 is 0 Å². The van der Waals surface area contributed by atoms with Crippen LogP contribution in [0.3, 0.4) is 0 Å². The first kappa shape index (κ1) is 23.2. The predicted molar refractivity (Wildman–Crippen MR) is 119 cm³/mol. The van der Waals surface area contributed by atoms with Gasteiger partial charge in [0.2, 0.25) is 0 Å². The van der Waals surface area contributed by atoms with E-state index in [-0.39, 0.29) is 5.60 Å². The average molecular weight is 379 g/mol. The molecule has 0 heterocycles. The SMILES string of the molecule is CCCCCCCC1CCC(C2CCC(CCCCC)(OCC)CC2)CC1. The van der Waals surface area contributed by atoms with Crippen molar-refractivity contribution in [3.05, 3.63) is 0 Å². The summed E-state index contributed by atoms with van der Waals surface area (Å²) in [6.07, 6.45) is 25.8. The number of hydrogen-bond donors (Lipinski definition) is 0. The van der Waals surface area contributed by atoms with Crippen molar-refractivity contribution in [3.63, 3.8) is 0 Å². The second kappa shape index (κ2) is 13.2.